The molecule has 3 aromatic rings. The van der Waals surface area contributed by atoms with Gasteiger partial charge >= 0.3 is 0 Å². The third-order valence-electron chi connectivity index (χ3n) is 3.66. The molecule has 0 saturated heterocycles. The molecule has 0 unspecified atom stereocenters. The molecule has 0 aliphatic heterocycles. The number of amides is 1. The molecule has 6 heteroatoms. The maximum absolute atomic E-state index is 13.0. The number of aromatic nitrogens is 2. The first kappa shape index (κ1) is 17.2. The van der Waals surface area contributed by atoms with Gasteiger partial charge in [-0.3, -0.25) is 9.78 Å². The van der Waals surface area contributed by atoms with Gasteiger partial charge in [-0.15, -0.1) is 11.3 Å². The summed E-state index contributed by atoms with van der Waals surface area (Å²) in [4.78, 5) is 21.0. The molecule has 0 spiro atoms. The first-order valence-corrected chi connectivity index (χ1v) is 8.74. The summed E-state index contributed by atoms with van der Waals surface area (Å²) in [6, 6.07) is 10.1. The number of thiazole rings is 1. The second-order valence-corrected chi connectivity index (χ2v) is 7.28. The first-order chi connectivity index (χ1) is 11.9. The number of rotatable bonds is 5. The van der Waals surface area contributed by atoms with Gasteiger partial charge in [0, 0.05) is 28.9 Å². The van der Waals surface area contributed by atoms with Crippen LogP contribution in [0.3, 0.4) is 0 Å². The van der Waals surface area contributed by atoms with Gasteiger partial charge in [-0.1, -0.05) is 12.1 Å². The smallest absolute Gasteiger partial charge is 0.271 e. The van der Waals surface area contributed by atoms with Gasteiger partial charge in [0.05, 0.1) is 0 Å². The van der Waals surface area contributed by atoms with E-state index in [2.05, 4.69) is 15.3 Å². The molecule has 128 valence electrons. The summed E-state index contributed by atoms with van der Waals surface area (Å²) in [5.74, 6) is -0.491. The van der Waals surface area contributed by atoms with E-state index in [-0.39, 0.29) is 11.7 Å². The van der Waals surface area contributed by atoms with Crippen LogP contribution in [-0.2, 0) is 6.42 Å². The minimum atomic E-state index is -0.479. The second-order valence-electron chi connectivity index (χ2n) is 6.42. The zero-order valence-electron chi connectivity index (χ0n) is 14.0. The van der Waals surface area contributed by atoms with Crippen LogP contribution in [0.2, 0.25) is 0 Å². The highest BCUT2D eigenvalue weighted by molar-refractivity contribution is 7.13. The van der Waals surface area contributed by atoms with Crippen molar-refractivity contribution in [3.05, 3.63) is 71.2 Å². The predicted octanol–water partition coefficient (Wildman–Crippen LogP) is 4.10. The summed E-state index contributed by atoms with van der Waals surface area (Å²) in [5, 5.41) is 5.50. The highest BCUT2D eigenvalue weighted by atomic mass is 32.1. The van der Waals surface area contributed by atoms with Crippen molar-refractivity contribution in [2.24, 2.45) is 0 Å². The lowest BCUT2D eigenvalue weighted by Gasteiger charge is -2.26. The number of carbonyl (C=O) groups excluding carboxylic acids is 1. The number of halogens is 1. The van der Waals surface area contributed by atoms with Crippen LogP contribution in [0.15, 0.2) is 54.2 Å². The average molecular weight is 355 g/mol. The molecular weight excluding hydrogens is 337 g/mol. The lowest BCUT2D eigenvalue weighted by molar-refractivity contribution is 0.0908. The number of hydrogen-bond acceptors (Lipinski definition) is 4. The van der Waals surface area contributed by atoms with Crippen molar-refractivity contribution in [3.8, 4) is 10.6 Å². The van der Waals surface area contributed by atoms with Crippen LogP contribution in [0.1, 0.15) is 29.9 Å². The summed E-state index contributed by atoms with van der Waals surface area (Å²) in [7, 11) is 0. The fourth-order valence-corrected chi connectivity index (χ4v) is 3.32. The van der Waals surface area contributed by atoms with Gasteiger partial charge < -0.3 is 5.32 Å². The van der Waals surface area contributed by atoms with Crippen molar-refractivity contribution < 1.29 is 9.18 Å². The van der Waals surface area contributed by atoms with Gasteiger partial charge in [0.1, 0.15) is 16.5 Å². The molecule has 4 nitrogen and oxygen atoms in total. The lowest BCUT2D eigenvalue weighted by Crippen LogP contribution is -2.45. The third-order valence-corrected chi connectivity index (χ3v) is 4.55. The molecule has 0 aliphatic rings. The van der Waals surface area contributed by atoms with Crippen LogP contribution < -0.4 is 5.32 Å². The van der Waals surface area contributed by atoms with Gasteiger partial charge in [0.25, 0.3) is 5.91 Å². The fraction of sp³-hybridized carbons (Fsp3) is 0.211. The molecule has 0 saturated carbocycles. The molecule has 25 heavy (non-hydrogen) atoms. The van der Waals surface area contributed by atoms with E-state index in [1.807, 2.05) is 26.0 Å². The van der Waals surface area contributed by atoms with Gasteiger partial charge in [-0.05, 0) is 50.1 Å². The third kappa shape index (κ3) is 4.48. The van der Waals surface area contributed by atoms with Crippen molar-refractivity contribution in [1.82, 2.24) is 15.3 Å². The Morgan fingerprint density at radius 3 is 2.68 bits per heavy atom. The molecule has 3 rings (SSSR count). The van der Waals surface area contributed by atoms with Crippen molar-refractivity contribution in [1.29, 1.82) is 0 Å². The molecular formula is C19H18FN3OS. The van der Waals surface area contributed by atoms with Crippen LogP contribution in [0.25, 0.3) is 10.6 Å². The fourth-order valence-electron chi connectivity index (χ4n) is 2.53. The Kier molecular flexibility index (Phi) is 4.90. The van der Waals surface area contributed by atoms with E-state index >= 15 is 0 Å². The van der Waals surface area contributed by atoms with Crippen molar-refractivity contribution >= 4 is 17.2 Å². The van der Waals surface area contributed by atoms with E-state index in [1.54, 1.807) is 29.9 Å². The van der Waals surface area contributed by atoms with Crippen molar-refractivity contribution in [2.45, 2.75) is 25.8 Å². The Balaban J connectivity index is 1.69. The number of benzene rings is 1. The van der Waals surface area contributed by atoms with E-state index in [0.717, 1.165) is 16.1 Å². The number of carbonyl (C=O) groups is 1. The maximum Gasteiger partial charge on any atom is 0.271 e. The normalized spacial score (nSPS) is 11.3. The topological polar surface area (TPSA) is 54.9 Å². The second kappa shape index (κ2) is 7.11. The number of hydrogen-bond donors (Lipinski definition) is 1. The number of pyridine rings is 1. The van der Waals surface area contributed by atoms with E-state index in [0.29, 0.717) is 12.1 Å². The molecule has 1 aromatic carbocycles. The average Bonchev–Trinajstić information content (AvgIpc) is 3.07. The minimum absolute atomic E-state index is 0.224. The van der Waals surface area contributed by atoms with Gasteiger partial charge in [-0.25, -0.2) is 9.37 Å². The zero-order valence-corrected chi connectivity index (χ0v) is 14.8. The largest absolute Gasteiger partial charge is 0.345 e. The van der Waals surface area contributed by atoms with E-state index in [9.17, 15) is 9.18 Å². The molecule has 0 aliphatic carbocycles. The predicted molar refractivity (Wildman–Crippen MR) is 97.0 cm³/mol. The Labute approximate surface area is 149 Å². The summed E-state index contributed by atoms with van der Waals surface area (Å²) in [5.41, 5.74) is 1.75. The molecule has 1 N–H and O–H groups in total. The number of nitrogens with one attached hydrogen (secondary N) is 1. The Morgan fingerprint density at radius 2 is 2.00 bits per heavy atom. The van der Waals surface area contributed by atoms with Crippen LogP contribution in [0.4, 0.5) is 4.39 Å². The molecule has 2 aromatic heterocycles. The molecule has 0 fully saturated rings. The van der Waals surface area contributed by atoms with Gasteiger partial charge in [0.15, 0.2) is 0 Å². The molecule has 0 atom stereocenters. The van der Waals surface area contributed by atoms with E-state index < -0.39 is 5.54 Å². The maximum atomic E-state index is 13.0. The monoisotopic (exact) mass is 355 g/mol. The van der Waals surface area contributed by atoms with Crippen LogP contribution in [-0.4, -0.2) is 21.4 Å². The SMILES string of the molecule is CC(C)(Cc1ccc(F)cc1)NC(=O)c1csc(-c2cccnc2)n1. The van der Waals surface area contributed by atoms with Crippen molar-refractivity contribution in [2.75, 3.05) is 0 Å². The standard InChI is InChI=1S/C19H18FN3OS/c1-19(2,10-13-5-7-15(20)8-6-13)23-17(24)16-12-25-18(22-16)14-4-3-9-21-11-14/h3-9,11-12H,10H2,1-2H3,(H,23,24). The Bertz CT molecular complexity index is 860. The minimum Gasteiger partial charge on any atom is -0.345 e. The summed E-state index contributed by atoms with van der Waals surface area (Å²) >= 11 is 1.41. The molecule has 2 heterocycles. The lowest BCUT2D eigenvalue weighted by atomic mass is 9.95. The number of nitrogens with zero attached hydrogens (tertiary/aromatic N) is 2. The van der Waals surface area contributed by atoms with Crippen molar-refractivity contribution in [3.63, 3.8) is 0 Å². The zero-order chi connectivity index (χ0) is 17.9. The summed E-state index contributed by atoms with van der Waals surface area (Å²) in [6.45, 7) is 3.87. The Morgan fingerprint density at radius 1 is 1.24 bits per heavy atom. The quantitative estimate of drug-likeness (QED) is 0.750. The highest BCUT2D eigenvalue weighted by Gasteiger charge is 2.23. The van der Waals surface area contributed by atoms with E-state index in [1.165, 1.54) is 23.5 Å². The van der Waals surface area contributed by atoms with Gasteiger partial charge in [-0.2, -0.15) is 0 Å². The molecule has 0 radical (unpaired) electrons. The van der Waals surface area contributed by atoms with Crippen LogP contribution >= 0.6 is 11.3 Å². The summed E-state index contributed by atoms with van der Waals surface area (Å²) < 4.78 is 13.0. The summed E-state index contributed by atoms with van der Waals surface area (Å²) in [6.07, 6.45) is 4.01. The van der Waals surface area contributed by atoms with Crippen LogP contribution in [0.5, 0.6) is 0 Å². The van der Waals surface area contributed by atoms with E-state index in [4.69, 9.17) is 0 Å². The van der Waals surface area contributed by atoms with Crippen LogP contribution in [0, 0.1) is 5.82 Å². The molecule has 1 amide bonds. The highest BCUT2D eigenvalue weighted by Crippen LogP contribution is 2.23. The van der Waals surface area contributed by atoms with Gasteiger partial charge in [0.2, 0.25) is 0 Å². The molecule has 0 bridgehead atoms. The Hall–Kier alpha value is -2.60. The first-order valence-electron chi connectivity index (χ1n) is 7.86.